The van der Waals surface area contributed by atoms with Crippen molar-refractivity contribution in [1.82, 2.24) is 0 Å². The Balaban J connectivity index is 2.70. The Hall–Kier alpha value is -1.37. The van der Waals surface area contributed by atoms with Crippen LogP contribution < -0.4 is 5.32 Å². The molecule has 0 saturated carbocycles. The van der Waals surface area contributed by atoms with E-state index in [1.807, 2.05) is 27.7 Å². The first-order valence-corrected chi connectivity index (χ1v) is 12.5. The summed E-state index contributed by atoms with van der Waals surface area (Å²) in [4.78, 5) is 0. The lowest BCUT2D eigenvalue weighted by Gasteiger charge is -2.43. The van der Waals surface area contributed by atoms with Gasteiger partial charge < -0.3 is 10.4 Å². The van der Waals surface area contributed by atoms with Gasteiger partial charge in [0.05, 0.1) is 5.60 Å². The molecule has 0 bridgehead atoms. The molecule has 0 aliphatic rings. The van der Waals surface area contributed by atoms with Crippen LogP contribution in [0.4, 0.5) is 27.6 Å². The first kappa shape index (κ1) is 29.7. The zero-order valence-corrected chi connectivity index (χ0v) is 20.8. The van der Waals surface area contributed by atoms with Crippen LogP contribution in [0, 0.1) is 46.8 Å². The zero-order valence-electron chi connectivity index (χ0n) is 20.8. The average molecular weight is 480 g/mol. The Morgan fingerprint density at radius 3 is 1.58 bits per heavy atom. The van der Waals surface area contributed by atoms with Gasteiger partial charge in [-0.25, -0.2) is 22.0 Å². The van der Waals surface area contributed by atoms with Crippen molar-refractivity contribution in [1.29, 1.82) is 0 Å². The van der Waals surface area contributed by atoms with E-state index in [0.717, 1.165) is 25.7 Å². The summed E-state index contributed by atoms with van der Waals surface area (Å²) in [6, 6.07) is 0. The molecule has 2 nitrogen and oxygen atoms in total. The van der Waals surface area contributed by atoms with Crippen LogP contribution >= 0.6 is 0 Å². The molecule has 0 aliphatic carbocycles. The fourth-order valence-corrected chi connectivity index (χ4v) is 4.88. The topological polar surface area (TPSA) is 32.3 Å². The van der Waals surface area contributed by atoms with Crippen LogP contribution in [-0.2, 0) is 0 Å². The van der Waals surface area contributed by atoms with Crippen molar-refractivity contribution in [2.45, 2.75) is 104 Å². The molecule has 0 fully saturated rings. The molecule has 1 rings (SSSR count). The molecule has 1 aromatic carbocycles. The highest BCUT2D eigenvalue weighted by atomic mass is 19.2. The Morgan fingerprint density at radius 1 is 0.667 bits per heavy atom. The van der Waals surface area contributed by atoms with Crippen molar-refractivity contribution in [3.05, 3.63) is 29.1 Å². The Bertz CT molecular complexity index is 686. The van der Waals surface area contributed by atoms with E-state index in [4.69, 9.17) is 0 Å². The second-order valence-corrected chi connectivity index (χ2v) is 9.82. The molecule has 1 aromatic rings. The lowest BCUT2D eigenvalue weighted by molar-refractivity contribution is -0.102. The summed E-state index contributed by atoms with van der Waals surface area (Å²) in [5.41, 5.74) is -1.81. The van der Waals surface area contributed by atoms with Gasteiger partial charge in [-0.2, -0.15) is 0 Å². The molecule has 0 aliphatic heterocycles. The van der Waals surface area contributed by atoms with E-state index < -0.39 is 40.4 Å². The maximum absolute atomic E-state index is 13.8. The molecule has 0 heterocycles. The number of halogens is 5. The highest BCUT2D eigenvalue weighted by Crippen LogP contribution is 2.39. The zero-order chi connectivity index (χ0) is 25.2. The molecule has 0 spiro atoms. The van der Waals surface area contributed by atoms with E-state index in [0.29, 0.717) is 12.8 Å². The number of benzene rings is 1. The standard InChI is InChI=1S/C26H42F5NO/c1-6-7-8-9-10-11-14-19(26(33,17(2)3)18(4)5)15-12-13-16-32-25-23(30)21(28)20(27)22(29)24(25)31/h17-19,32-33H,6-16H2,1-5H3. The van der Waals surface area contributed by atoms with E-state index in [-0.39, 0.29) is 24.3 Å². The molecule has 1 atom stereocenters. The predicted molar refractivity (Wildman–Crippen MR) is 125 cm³/mol. The third-order valence-electron chi connectivity index (χ3n) is 6.90. The second-order valence-electron chi connectivity index (χ2n) is 9.82. The maximum Gasteiger partial charge on any atom is 0.200 e. The van der Waals surface area contributed by atoms with Gasteiger partial charge in [0.2, 0.25) is 5.82 Å². The van der Waals surface area contributed by atoms with Crippen LogP contribution in [0.2, 0.25) is 0 Å². The molecule has 1 unspecified atom stereocenters. The van der Waals surface area contributed by atoms with Crippen LogP contribution in [0.15, 0.2) is 0 Å². The highest BCUT2D eigenvalue weighted by Gasteiger charge is 2.41. The van der Waals surface area contributed by atoms with Gasteiger partial charge in [0.15, 0.2) is 23.3 Å². The molecule has 2 N–H and O–H groups in total. The minimum absolute atomic E-state index is 0.0733. The van der Waals surface area contributed by atoms with Gasteiger partial charge in [-0.15, -0.1) is 0 Å². The van der Waals surface area contributed by atoms with E-state index in [2.05, 4.69) is 12.2 Å². The quantitative estimate of drug-likeness (QED) is 0.108. The lowest BCUT2D eigenvalue weighted by Crippen LogP contribution is -2.47. The number of nitrogens with one attached hydrogen (secondary N) is 1. The Kier molecular flexibility index (Phi) is 12.7. The molecule has 0 aromatic heterocycles. The number of hydrogen-bond acceptors (Lipinski definition) is 2. The largest absolute Gasteiger partial charge is 0.389 e. The normalized spacial score (nSPS) is 13.2. The molecule has 7 heteroatoms. The summed E-state index contributed by atoms with van der Waals surface area (Å²) < 4.78 is 67.5. The van der Waals surface area contributed by atoms with Gasteiger partial charge in [-0.1, -0.05) is 79.6 Å². The number of rotatable bonds is 16. The molecule has 192 valence electrons. The number of aliphatic hydroxyl groups is 1. The summed E-state index contributed by atoms with van der Waals surface area (Å²) >= 11 is 0. The highest BCUT2D eigenvalue weighted by molar-refractivity contribution is 5.47. The van der Waals surface area contributed by atoms with Gasteiger partial charge in [0.1, 0.15) is 5.69 Å². The van der Waals surface area contributed by atoms with Crippen molar-refractivity contribution in [2.24, 2.45) is 17.8 Å². The van der Waals surface area contributed by atoms with Crippen LogP contribution in [-0.4, -0.2) is 17.3 Å². The maximum atomic E-state index is 13.8. The smallest absolute Gasteiger partial charge is 0.200 e. The first-order valence-electron chi connectivity index (χ1n) is 12.5. The van der Waals surface area contributed by atoms with Crippen molar-refractivity contribution in [3.8, 4) is 0 Å². The van der Waals surface area contributed by atoms with Crippen LogP contribution in [0.25, 0.3) is 0 Å². The number of hydrogen-bond donors (Lipinski definition) is 2. The van der Waals surface area contributed by atoms with Gasteiger partial charge in [-0.3, -0.25) is 0 Å². The molecule has 0 radical (unpaired) electrons. The SMILES string of the molecule is CCCCCCCCC(CCCCNc1c(F)c(F)c(F)c(F)c1F)C(O)(C(C)C)C(C)C. The summed E-state index contributed by atoms with van der Waals surface area (Å²) in [5, 5.41) is 13.9. The minimum atomic E-state index is -2.16. The van der Waals surface area contributed by atoms with E-state index in [9.17, 15) is 27.1 Å². The van der Waals surface area contributed by atoms with Crippen molar-refractivity contribution >= 4 is 5.69 Å². The van der Waals surface area contributed by atoms with Gasteiger partial charge >= 0.3 is 0 Å². The molecular formula is C26H42F5NO. The number of unbranched alkanes of at least 4 members (excludes halogenated alkanes) is 6. The Morgan fingerprint density at radius 2 is 1.09 bits per heavy atom. The molecular weight excluding hydrogens is 437 g/mol. The fourth-order valence-electron chi connectivity index (χ4n) is 4.88. The van der Waals surface area contributed by atoms with Crippen molar-refractivity contribution in [3.63, 3.8) is 0 Å². The molecule has 0 amide bonds. The molecule has 0 saturated heterocycles. The summed E-state index contributed by atoms with van der Waals surface area (Å²) in [7, 11) is 0. The summed E-state index contributed by atoms with van der Waals surface area (Å²) in [6.45, 7) is 10.4. The minimum Gasteiger partial charge on any atom is -0.389 e. The number of anilines is 1. The summed E-state index contributed by atoms with van der Waals surface area (Å²) in [5.74, 6) is -9.51. The second kappa shape index (κ2) is 14.1. The van der Waals surface area contributed by atoms with Crippen LogP contribution in [0.3, 0.4) is 0 Å². The van der Waals surface area contributed by atoms with Crippen molar-refractivity contribution in [2.75, 3.05) is 11.9 Å². The van der Waals surface area contributed by atoms with Crippen molar-refractivity contribution < 1.29 is 27.1 Å². The van der Waals surface area contributed by atoms with Gasteiger partial charge in [0.25, 0.3) is 0 Å². The molecule has 33 heavy (non-hydrogen) atoms. The van der Waals surface area contributed by atoms with Gasteiger partial charge in [0, 0.05) is 6.54 Å². The predicted octanol–water partition coefficient (Wildman–Crippen LogP) is 8.37. The third kappa shape index (κ3) is 7.83. The fraction of sp³-hybridized carbons (Fsp3) is 0.769. The average Bonchev–Trinajstić information content (AvgIpc) is 2.78. The summed E-state index contributed by atoms with van der Waals surface area (Å²) in [6.07, 6.45) is 9.82. The first-order chi connectivity index (χ1) is 15.5. The lowest BCUT2D eigenvalue weighted by atomic mass is 9.68. The van der Waals surface area contributed by atoms with E-state index in [1.54, 1.807) is 0 Å². The monoisotopic (exact) mass is 479 g/mol. The Labute approximate surface area is 196 Å². The van der Waals surface area contributed by atoms with Crippen LogP contribution in [0.5, 0.6) is 0 Å². The van der Waals surface area contributed by atoms with Gasteiger partial charge in [-0.05, 0) is 37.0 Å². The van der Waals surface area contributed by atoms with Crippen LogP contribution in [0.1, 0.15) is 98.8 Å². The third-order valence-corrected chi connectivity index (χ3v) is 6.90. The van der Waals surface area contributed by atoms with E-state index in [1.165, 1.54) is 25.7 Å². The van der Waals surface area contributed by atoms with E-state index >= 15 is 0 Å².